The Morgan fingerprint density at radius 1 is 1.45 bits per heavy atom. The number of alkyl halides is 1. The fourth-order valence-corrected chi connectivity index (χ4v) is 3.11. The zero-order valence-corrected chi connectivity index (χ0v) is 12.2. The van der Waals surface area contributed by atoms with Crippen LogP contribution in [0.3, 0.4) is 0 Å². The van der Waals surface area contributed by atoms with Gasteiger partial charge < -0.3 is 9.88 Å². The summed E-state index contributed by atoms with van der Waals surface area (Å²) in [5.74, 6) is -0.739. The van der Waals surface area contributed by atoms with Gasteiger partial charge in [-0.25, -0.2) is 4.39 Å². The third-order valence-corrected chi connectivity index (χ3v) is 4.21. The Hall–Kier alpha value is -1.55. The Balaban J connectivity index is 1.89. The van der Waals surface area contributed by atoms with Crippen molar-refractivity contribution in [3.8, 4) is 0 Å². The van der Waals surface area contributed by atoms with Crippen LogP contribution in [0.1, 0.15) is 11.3 Å². The number of hydrogen-bond acceptors (Lipinski definition) is 1. The van der Waals surface area contributed by atoms with Crippen molar-refractivity contribution in [2.45, 2.75) is 19.0 Å². The first-order chi connectivity index (χ1) is 9.47. The molecule has 106 valence electrons. The van der Waals surface area contributed by atoms with Gasteiger partial charge in [0.25, 0.3) is 5.91 Å². The highest BCUT2D eigenvalue weighted by atomic mass is 35.5. The predicted octanol–water partition coefficient (Wildman–Crippen LogP) is 2.96. The van der Waals surface area contributed by atoms with E-state index in [1.54, 1.807) is 14.1 Å². The van der Waals surface area contributed by atoms with Gasteiger partial charge in [0.05, 0.1) is 0 Å². The quantitative estimate of drug-likeness (QED) is 0.908. The van der Waals surface area contributed by atoms with Crippen molar-refractivity contribution < 1.29 is 9.18 Å². The van der Waals surface area contributed by atoms with Gasteiger partial charge in [-0.1, -0.05) is 11.6 Å². The minimum absolute atomic E-state index is 0.283. The number of fused-ring (bicyclic) bond motifs is 3. The van der Waals surface area contributed by atoms with Gasteiger partial charge in [-0.2, -0.15) is 0 Å². The second-order valence-electron chi connectivity index (χ2n) is 5.57. The van der Waals surface area contributed by atoms with Gasteiger partial charge in [-0.15, -0.1) is 0 Å². The number of carbonyl (C=O) groups is 1. The minimum atomic E-state index is -1.44. The van der Waals surface area contributed by atoms with E-state index in [1.807, 2.05) is 18.2 Å². The van der Waals surface area contributed by atoms with E-state index in [9.17, 15) is 9.18 Å². The molecule has 3 nitrogen and oxygen atoms in total. The van der Waals surface area contributed by atoms with Crippen LogP contribution >= 0.6 is 11.6 Å². The second kappa shape index (κ2) is 4.77. The number of H-pyrrole nitrogens is 1. The summed E-state index contributed by atoms with van der Waals surface area (Å²) in [6.07, 6.45) is -0.293. The van der Waals surface area contributed by atoms with E-state index in [0.717, 1.165) is 22.2 Å². The maximum Gasteiger partial charge on any atom is 0.256 e. The van der Waals surface area contributed by atoms with E-state index < -0.39 is 12.1 Å². The Morgan fingerprint density at radius 3 is 2.90 bits per heavy atom. The molecule has 1 aliphatic rings. The molecule has 0 aliphatic heterocycles. The number of amides is 1. The second-order valence-corrected chi connectivity index (χ2v) is 6.01. The third-order valence-electron chi connectivity index (χ3n) is 3.98. The summed E-state index contributed by atoms with van der Waals surface area (Å²) in [4.78, 5) is 16.4. The van der Waals surface area contributed by atoms with Gasteiger partial charge in [-0.05, 0) is 36.6 Å². The lowest BCUT2D eigenvalue weighted by atomic mass is 9.98. The highest BCUT2D eigenvalue weighted by Crippen LogP contribution is 2.36. The van der Waals surface area contributed by atoms with Crippen LogP contribution in [0.2, 0.25) is 5.02 Å². The zero-order chi connectivity index (χ0) is 14.4. The molecule has 0 spiro atoms. The molecule has 3 rings (SSSR count). The molecule has 0 fully saturated rings. The normalized spacial score (nSPS) is 19.1. The summed E-state index contributed by atoms with van der Waals surface area (Å²) in [7, 11) is 3.16. The van der Waals surface area contributed by atoms with Crippen molar-refractivity contribution >= 4 is 28.4 Å². The van der Waals surface area contributed by atoms with Gasteiger partial charge in [0.2, 0.25) is 0 Å². The molecule has 1 amide bonds. The molecule has 2 atom stereocenters. The van der Waals surface area contributed by atoms with E-state index in [4.69, 9.17) is 11.6 Å². The molecule has 20 heavy (non-hydrogen) atoms. The van der Waals surface area contributed by atoms with E-state index in [1.165, 1.54) is 4.90 Å². The first-order valence-electron chi connectivity index (χ1n) is 6.61. The number of hydrogen-bond donors (Lipinski definition) is 1. The first-order valence-corrected chi connectivity index (χ1v) is 6.99. The number of halogens is 2. The fraction of sp³-hybridized carbons (Fsp3) is 0.400. The Bertz CT molecular complexity index is 680. The molecule has 0 bridgehead atoms. The predicted molar refractivity (Wildman–Crippen MR) is 77.8 cm³/mol. The van der Waals surface area contributed by atoms with Crippen molar-refractivity contribution in [2.24, 2.45) is 5.92 Å². The van der Waals surface area contributed by atoms with Crippen LogP contribution in [-0.2, 0) is 17.6 Å². The smallest absolute Gasteiger partial charge is 0.256 e. The van der Waals surface area contributed by atoms with Crippen LogP contribution in [0.5, 0.6) is 0 Å². The molecule has 0 radical (unpaired) electrons. The molecule has 1 aliphatic carbocycles. The SMILES string of the molecule is CN(C)C(=O)C(F)C1Cc2[nH]c3ccc(Cl)cc3c2C1. The number of rotatable bonds is 2. The number of nitrogens with one attached hydrogen (secondary N) is 1. The number of aromatic nitrogens is 1. The Morgan fingerprint density at radius 2 is 2.20 bits per heavy atom. The van der Waals surface area contributed by atoms with E-state index in [0.29, 0.717) is 17.9 Å². The lowest BCUT2D eigenvalue weighted by molar-refractivity contribution is -0.135. The van der Waals surface area contributed by atoms with Gasteiger partial charge in [0.1, 0.15) is 0 Å². The largest absolute Gasteiger partial charge is 0.358 e. The lowest BCUT2D eigenvalue weighted by Crippen LogP contribution is -2.36. The molecule has 0 saturated heterocycles. The highest BCUT2D eigenvalue weighted by Gasteiger charge is 2.35. The maximum atomic E-state index is 14.2. The summed E-state index contributed by atoms with van der Waals surface area (Å²) in [6.45, 7) is 0. The number of aromatic amines is 1. The summed E-state index contributed by atoms with van der Waals surface area (Å²) >= 11 is 6.02. The number of nitrogens with zero attached hydrogens (tertiary/aromatic N) is 1. The first kappa shape index (κ1) is 13.4. The third kappa shape index (κ3) is 2.08. The average Bonchev–Trinajstić information content (AvgIpc) is 2.94. The average molecular weight is 295 g/mol. The van der Waals surface area contributed by atoms with Crippen LogP contribution in [0.15, 0.2) is 18.2 Å². The monoisotopic (exact) mass is 294 g/mol. The van der Waals surface area contributed by atoms with Crippen LogP contribution < -0.4 is 0 Å². The van der Waals surface area contributed by atoms with E-state index >= 15 is 0 Å². The van der Waals surface area contributed by atoms with Gasteiger partial charge in [0, 0.05) is 41.6 Å². The van der Waals surface area contributed by atoms with E-state index in [-0.39, 0.29) is 5.92 Å². The molecule has 1 N–H and O–H groups in total. The zero-order valence-electron chi connectivity index (χ0n) is 11.4. The summed E-state index contributed by atoms with van der Waals surface area (Å²) in [5.41, 5.74) is 3.15. The van der Waals surface area contributed by atoms with Crippen LogP contribution in [0, 0.1) is 5.92 Å². The number of benzene rings is 1. The van der Waals surface area contributed by atoms with Crippen LogP contribution in [0.4, 0.5) is 4.39 Å². The molecule has 5 heteroatoms. The van der Waals surface area contributed by atoms with Crippen LogP contribution in [-0.4, -0.2) is 36.1 Å². The molecule has 1 heterocycles. The van der Waals surface area contributed by atoms with Crippen molar-refractivity contribution in [1.29, 1.82) is 0 Å². The molecule has 2 unspecified atom stereocenters. The molecule has 1 aromatic carbocycles. The molecule has 2 aromatic rings. The van der Waals surface area contributed by atoms with Gasteiger partial charge in [0.15, 0.2) is 6.17 Å². The van der Waals surface area contributed by atoms with Crippen LogP contribution in [0.25, 0.3) is 10.9 Å². The molecule has 0 saturated carbocycles. The van der Waals surface area contributed by atoms with E-state index in [2.05, 4.69) is 4.98 Å². The lowest BCUT2D eigenvalue weighted by Gasteiger charge is -2.18. The van der Waals surface area contributed by atoms with Gasteiger partial charge >= 0.3 is 0 Å². The standard InChI is InChI=1S/C15H16ClFN2O/c1-19(2)15(20)14(17)8-5-10-11-7-9(16)3-4-12(11)18-13(10)6-8/h3-4,7-8,14,18H,5-6H2,1-2H3. The van der Waals surface area contributed by atoms with Crippen molar-refractivity contribution in [2.75, 3.05) is 14.1 Å². The summed E-state index contributed by atoms with van der Waals surface area (Å²) < 4.78 is 14.2. The summed E-state index contributed by atoms with van der Waals surface area (Å²) in [5, 5.41) is 1.71. The van der Waals surface area contributed by atoms with Gasteiger partial charge in [-0.3, -0.25) is 4.79 Å². The molecular weight excluding hydrogens is 279 g/mol. The minimum Gasteiger partial charge on any atom is -0.358 e. The Labute approximate surface area is 121 Å². The fourth-order valence-electron chi connectivity index (χ4n) is 2.93. The highest BCUT2D eigenvalue weighted by molar-refractivity contribution is 6.31. The molecule has 1 aromatic heterocycles. The summed E-state index contributed by atoms with van der Waals surface area (Å²) in [6, 6.07) is 5.67. The van der Waals surface area contributed by atoms with Crippen molar-refractivity contribution in [3.63, 3.8) is 0 Å². The maximum absolute atomic E-state index is 14.2. The number of carbonyl (C=O) groups excluding carboxylic acids is 1. The topological polar surface area (TPSA) is 36.1 Å². The van der Waals surface area contributed by atoms with Crippen molar-refractivity contribution in [3.05, 3.63) is 34.5 Å². The Kier molecular flexibility index (Phi) is 3.21. The molecular formula is C15H16ClFN2O. The van der Waals surface area contributed by atoms with Crippen molar-refractivity contribution in [1.82, 2.24) is 9.88 Å².